The highest BCUT2D eigenvalue weighted by Crippen LogP contribution is 2.30. The highest BCUT2D eigenvalue weighted by atomic mass is 16.5. The van der Waals surface area contributed by atoms with Gasteiger partial charge in [0, 0.05) is 36.1 Å². The SMILES string of the molecule is c1ccc(Oc2ccc3[nH]c4c(c3c2)CNCC4)cc1. The molecule has 1 aliphatic rings. The lowest BCUT2D eigenvalue weighted by Gasteiger charge is -2.12. The number of aromatic amines is 1. The van der Waals surface area contributed by atoms with Crippen LogP contribution in [-0.2, 0) is 13.0 Å². The van der Waals surface area contributed by atoms with Gasteiger partial charge in [-0.2, -0.15) is 0 Å². The van der Waals surface area contributed by atoms with E-state index in [2.05, 4.69) is 22.4 Å². The highest BCUT2D eigenvalue weighted by Gasteiger charge is 2.15. The molecule has 0 spiro atoms. The summed E-state index contributed by atoms with van der Waals surface area (Å²) in [6, 6.07) is 16.1. The van der Waals surface area contributed by atoms with Crippen molar-refractivity contribution in [3.8, 4) is 11.5 Å². The van der Waals surface area contributed by atoms with E-state index < -0.39 is 0 Å². The van der Waals surface area contributed by atoms with E-state index in [4.69, 9.17) is 4.74 Å². The summed E-state index contributed by atoms with van der Waals surface area (Å²) in [7, 11) is 0. The first kappa shape index (κ1) is 11.6. The zero-order valence-corrected chi connectivity index (χ0v) is 11.1. The molecule has 0 aliphatic carbocycles. The van der Waals surface area contributed by atoms with E-state index in [1.165, 1.54) is 22.2 Å². The zero-order valence-electron chi connectivity index (χ0n) is 11.1. The minimum Gasteiger partial charge on any atom is -0.457 e. The van der Waals surface area contributed by atoms with Gasteiger partial charge in [-0.25, -0.2) is 0 Å². The molecule has 0 fully saturated rings. The van der Waals surface area contributed by atoms with Crippen LogP contribution in [0.2, 0.25) is 0 Å². The van der Waals surface area contributed by atoms with Crippen LogP contribution in [0.3, 0.4) is 0 Å². The maximum atomic E-state index is 5.91. The topological polar surface area (TPSA) is 37.0 Å². The third-order valence-electron chi connectivity index (χ3n) is 3.80. The van der Waals surface area contributed by atoms with Crippen molar-refractivity contribution in [2.24, 2.45) is 0 Å². The van der Waals surface area contributed by atoms with E-state index in [-0.39, 0.29) is 0 Å². The van der Waals surface area contributed by atoms with Crippen LogP contribution in [0.25, 0.3) is 10.9 Å². The lowest BCUT2D eigenvalue weighted by Crippen LogP contribution is -2.22. The predicted octanol–water partition coefficient (Wildman–Crippen LogP) is 3.61. The van der Waals surface area contributed by atoms with Crippen LogP contribution in [0, 0.1) is 0 Å². The third-order valence-corrected chi connectivity index (χ3v) is 3.80. The molecule has 20 heavy (non-hydrogen) atoms. The summed E-state index contributed by atoms with van der Waals surface area (Å²) >= 11 is 0. The number of aromatic nitrogens is 1. The minimum atomic E-state index is 0.870. The average Bonchev–Trinajstić information content (AvgIpc) is 2.86. The van der Waals surface area contributed by atoms with Crippen LogP contribution < -0.4 is 10.1 Å². The van der Waals surface area contributed by atoms with Crippen LogP contribution in [-0.4, -0.2) is 11.5 Å². The normalized spacial score (nSPS) is 14.2. The minimum absolute atomic E-state index is 0.870. The fourth-order valence-corrected chi connectivity index (χ4v) is 2.81. The number of fused-ring (bicyclic) bond motifs is 3. The second-order valence-corrected chi connectivity index (χ2v) is 5.13. The monoisotopic (exact) mass is 264 g/mol. The molecule has 0 saturated carbocycles. The summed E-state index contributed by atoms with van der Waals surface area (Å²) in [6.07, 6.45) is 1.07. The van der Waals surface area contributed by atoms with Crippen molar-refractivity contribution in [1.29, 1.82) is 0 Å². The molecule has 0 radical (unpaired) electrons. The summed E-state index contributed by atoms with van der Waals surface area (Å²) in [4.78, 5) is 3.51. The molecular formula is C17H16N2O. The Morgan fingerprint density at radius 2 is 1.85 bits per heavy atom. The van der Waals surface area contributed by atoms with Gasteiger partial charge >= 0.3 is 0 Å². The van der Waals surface area contributed by atoms with Crippen molar-refractivity contribution >= 4 is 10.9 Å². The van der Waals surface area contributed by atoms with Gasteiger partial charge < -0.3 is 15.0 Å². The molecule has 2 aromatic carbocycles. The van der Waals surface area contributed by atoms with Crippen molar-refractivity contribution < 1.29 is 4.74 Å². The van der Waals surface area contributed by atoms with E-state index in [1.54, 1.807) is 0 Å². The number of nitrogens with one attached hydrogen (secondary N) is 2. The Bertz CT molecular complexity index is 746. The molecular weight excluding hydrogens is 248 g/mol. The molecule has 4 rings (SSSR count). The maximum absolute atomic E-state index is 5.91. The Labute approximate surface area is 117 Å². The summed E-state index contributed by atoms with van der Waals surface area (Å²) in [5, 5.41) is 4.69. The lowest BCUT2D eigenvalue weighted by atomic mass is 10.1. The number of hydrogen-bond donors (Lipinski definition) is 2. The Hall–Kier alpha value is -2.26. The molecule has 2 heterocycles. The molecule has 0 amide bonds. The lowest BCUT2D eigenvalue weighted by molar-refractivity contribution is 0.483. The molecule has 3 aromatic rings. The largest absolute Gasteiger partial charge is 0.457 e. The first-order valence-electron chi connectivity index (χ1n) is 6.97. The second kappa shape index (κ2) is 4.69. The van der Waals surface area contributed by atoms with Crippen molar-refractivity contribution in [2.45, 2.75) is 13.0 Å². The molecule has 1 aliphatic heterocycles. The van der Waals surface area contributed by atoms with Gasteiger partial charge in [-0.15, -0.1) is 0 Å². The van der Waals surface area contributed by atoms with E-state index in [1.807, 2.05) is 36.4 Å². The van der Waals surface area contributed by atoms with E-state index >= 15 is 0 Å². The Balaban J connectivity index is 1.74. The van der Waals surface area contributed by atoms with Crippen LogP contribution in [0.5, 0.6) is 11.5 Å². The molecule has 100 valence electrons. The van der Waals surface area contributed by atoms with Gasteiger partial charge in [0.1, 0.15) is 11.5 Å². The number of ether oxygens (including phenoxy) is 1. The fraction of sp³-hybridized carbons (Fsp3) is 0.176. The van der Waals surface area contributed by atoms with Gasteiger partial charge in [0.05, 0.1) is 0 Å². The average molecular weight is 264 g/mol. The fourth-order valence-electron chi connectivity index (χ4n) is 2.81. The van der Waals surface area contributed by atoms with Crippen molar-refractivity contribution in [3.63, 3.8) is 0 Å². The Kier molecular flexibility index (Phi) is 2.71. The van der Waals surface area contributed by atoms with Crippen LogP contribution in [0.1, 0.15) is 11.3 Å². The van der Waals surface area contributed by atoms with E-state index in [9.17, 15) is 0 Å². The smallest absolute Gasteiger partial charge is 0.128 e. The number of rotatable bonds is 2. The molecule has 3 nitrogen and oxygen atoms in total. The molecule has 1 aromatic heterocycles. The summed E-state index contributed by atoms with van der Waals surface area (Å²) in [5.74, 6) is 1.76. The van der Waals surface area contributed by atoms with E-state index in [0.717, 1.165) is 31.0 Å². The van der Waals surface area contributed by atoms with E-state index in [0.29, 0.717) is 0 Å². The number of benzene rings is 2. The van der Waals surface area contributed by atoms with Crippen LogP contribution in [0.15, 0.2) is 48.5 Å². The first-order valence-corrected chi connectivity index (χ1v) is 6.97. The zero-order chi connectivity index (χ0) is 13.4. The van der Waals surface area contributed by atoms with Gasteiger partial charge in [-0.05, 0) is 35.9 Å². The number of hydrogen-bond acceptors (Lipinski definition) is 2. The Morgan fingerprint density at radius 1 is 0.950 bits per heavy atom. The second-order valence-electron chi connectivity index (χ2n) is 5.13. The van der Waals surface area contributed by atoms with Gasteiger partial charge in [-0.1, -0.05) is 18.2 Å². The van der Waals surface area contributed by atoms with Crippen molar-refractivity contribution in [3.05, 3.63) is 59.8 Å². The Morgan fingerprint density at radius 3 is 2.75 bits per heavy atom. The molecule has 0 atom stereocenters. The first-order chi connectivity index (χ1) is 9.90. The van der Waals surface area contributed by atoms with Gasteiger partial charge in [0.25, 0.3) is 0 Å². The number of H-pyrrole nitrogens is 1. The quantitative estimate of drug-likeness (QED) is 0.742. The molecule has 0 bridgehead atoms. The van der Waals surface area contributed by atoms with Crippen molar-refractivity contribution in [2.75, 3.05) is 6.54 Å². The predicted molar refractivity (Wildman–Crippen MR) is 80.2 cm³/mol. The van der Waals surface area contributed by atoms with Crippen LogP contribution in [0.4, 0.5) is 0 Å². The molecule has 0 saturated heterocycles. The standard InChI is InChI=1S/C17H16N2O/c1-2-4-12(5-3-1)20-13-6-7-16-14(10-13)15-11-18-9-8-17(15)19-16/h1-7,10,18-19H,8-9,11H2. The van der Waals surface area contributed by atoms with Crippen LogP contribution >= 0.6 is 0 Å². The molecule has 2 N–H and O–H groups in total. The summed E-state index contributed by atoms with van der Waals surface area (Å²) in [6.45, 7) is 1.98. The third kappa shape index (κ3) is 1.96. The summed E-state index contributed by atoms with van der Waals surface area (Å²) in [5.41, 5.74) is 3.93. The highest BCUT2D eigenvalue weighted by molar-refractivity contribution is 5.86. The van der Waals surface area contributed by atoms with Gasteiger partial charge in [-0.3, -0.25) is 0 Å². The van der Waals surface area contributed by atoms with Gasteiger partial charge in [0.15, 0.2) is 0 Å². The number of para-hydroxylation sites is 1. The van der Waals surface area contributed by atoms with Crippen molar-refractivity contribution in [1.82, 2.24) is 10.3 Å². The molecule has 0 unspecified atom stereocenters. The van der Waals surface area contributed by atoms with Gasteiger partial charge in [0.2, 0.25) is 0 Å². The molecule has 3 heteroatoms. The summed E-state index contributed by atoms with van der Waals surface area (Å²) < 4.78 is 5.91. The maximum Gasteiger partial charge on any atom is 0.128 e.